The minimum atomic E-state index is -4.57. The van der Waals surface area contributed by atoms with Crippen LogP contribution in [0.1, 0.15) is 27.3 Å². The number of anilines is 1. The lowest BCUT2D eigenvalue weighted by Gasteiger charge is -2.12. The maximum Gasteiger partial charge on any atom is 0.416 e. The van der Waals surface area contributed by atoms with Crippen LogP contribution in [0.4, 0.5) is 27.6 Å². The second kappa shape index (κ2) is 9.49. The lowest BCUT2D eigenvalue weighted by molar-refractivity contribution is -0.137. The molecule has 0 aliphatic heterocycles. The van der Waals surface area contributed by atoms with E-state index in [1.165, 1.54) is 45.2 Å². The molecule has 0 aliphatic carbocycles. The highest BCUT2D eigenvalue weighted by Crippen LogP contribution is 2.32. The molecule has 0 unspecified atom stereocenters. The lowest BCUT2D eigenvalue weighted by Crippen LogP contribution is -2.24. The van der Waals surface area contributed by atoms with Gasteiger partial charge < -0.3 is 14.8 Å². The number of ketones is 1. The van der Waals surface area contributed by atoms with E-state index < -0.39 is 30.0 Å². The lowest BCUT2D eigenvalue weighted by atomic mass is 10.1. The van der Waals surface area contributed by atoms with Crippen molar-refractivity contribution < 1.29 is 41.0 Å². The predicted octanol–water partition coefficient (Wildman–Crippen LogP) is 4.94. The summed E-state index contributed by atoms with van der Waals surface area (Å²) >= 11 is 0. The van der Waals surface area contributed by atoms with Crippen molar-refractivity contribution in [2.45, 2.75) is 26.6 Å². The maximum atomic E-state index is 13.1. The van der Waals surface area contributed by atoms with E-state index in [1.807, 2.05) is 0 Å². The zero-order valence-corrected chi connectivity index (χ0v) is 18.0. The molecule has 0 saturated heterocycles. The number of alkyl halides is 5. The van der Waals surface area contributed by atoms with Gasteiger partial charge in [-0.2, -0.15) is 27.1 Å². The van der Waals surface area contributed by atoms with Gasteiger partial charge in [-0.25, -0.2) is 4.68 Å². The minimum Gasteiger partial charge on any atom is -0.493 e. The summed E-state index contributed by atoms with van der Waals surface area (Å²) in [5, 5.41) is 6.40. The monoisotopic (exact) mass is 483 g/mol. The van der Waals surface area contributed by atoms with Crippen LogP contribution in [0.5, 0.6) is 11.5 Å². The number of hydrogen-bond acceptors (Lipinski definition) is 5. The molecule has 34 heavy (non-hydrogen) atoms. The molecule has 2 aromatic carbocycles. The Bertz CT molecular complexity index is 1240. The number of halogens is 5. The molecule has 1 N–H and O–H groups in total. The Morgan fingerprint density at radius 3 is 2.38 bits per heavy atom. The smallest absolute Gasteiger partial charge is 0.416 e. The largest absolute Gasteiger partial charge is 0.493 e. The zero-order chi connectivity index (χ0) is 25.2. The van der Waals surface area contributed by atoms with Crippen LogP contribution in [0.3, 0.4) is 0 Å². The molecule has 0 atom stereocenters. The Kier molecular flexibility index (Phi) is 6.89. The Labute approximate surface area is 190 Å². The number of hydrogen-bond donors (Lipinski definition) is 1. The van der Waals surface area contributed by atoms with Crippen molar-refractivity contribution in [3.8, 4) is 17.2 Å². The first kappa shape index (κ1) is 24.7. The third kappa shape index (κ3) is 5.16. The Morgan fingerprint density at radius 2 is 1.76 bits per heavy atom. The SMILES string of the molecule is COc1ccc(NC(=O)C(=O)c2c(C)nn(-c3cccc(C(F)(F)F)c3)c2C)cc1OC(F)F. The Morgan fingerprint density at radius 1 is 1.06 bits per heavy atom. The van der Waals surface area contributed by atoms with Gasteiger partial charge in [0.15, 0.2) is 11.5 Å². The first-order valence-electron chi connectivity index (χ1n) is 9.64. The fraction of sp³-hybridized carbons (Fsp3) is 0.227. The molecule has 0 fully saturated rings. The van der Waals surface area contributed by atoms with Crippen molar-refractivity contribution in [1.82, 2.24) is 9.78 Å². The van der Waals surface area contributed by atoms with Crippen LogP contribution in [-0.2, 0) is 11.0 Å². The summed E-state index contributed by atoms with van der Waals surface area (Å²) < 4.78 is 74.8. The van der Waals surface area contributed by atoms with E-state index in [0.717, 1.165) is 22.9 Å². The number of nitrogens with zero attached hydrogens (tertiary/aromatic N) is 2. The van der Waals surface area contributed by atoms with Gasteiger partial charge in [0.1, 0.15) is 0 Å². The van der Waals surface area contributed by atoms with Crippen molar-refractivity contribution in [1.29, 1.82) is 0 Å². The standard InChI is InChI=1S/C22H18F5N3O4/c1-11-18(12(2)30(29-11)15-6-4-5-13(9-15)22(25,26)27)19(31)20(32)28-14-7-8-16(33-3)17(10-14)34-21(23)24/h4-10,21H,1-3H3,(H,28,32). The van der Waals surface area contributed by atoms with Gasteiger partial charge in [-0.15, -0.1) is 0 Å². The van der Waals surface area contributed by atoms with Crippen LogP contribution >= 0.6 is 0 Å². The van der Waals surface area contributed by atoms with Crippen molar-refractivity contribution in [2.24, 2.45) is 0 Å². The van der Waals surface area contributed by atoms with Crippen molar-refractivity contribution in [3.63, 3.8) is 0 Å². The van der Waals surface area contributed by atoms with Gasteiger partial charge in [0, 0.05) is 11.8 Å². The number of rotatable bonds is 7. The summed E-state index contributed by atoms with van der Waals surface area (Å²) in [6.07, 6.45) is -4.57. The molecule has 0 bridgehead atoms. The van der Waals surface area contributed by atoms with Gasteiger partial charge in [-0.3, -0.25) is 9.59 Å². The van der Waals surface area contributed by atoms with Gasteiger partial charge in [-0.05, 0) is 44.2 Å². The molecule has 7 nitrogen and oxygen atoms in total. The second-order valence-corrected chi connectivity index (χ2v) is 7.03. The van der Waals surface area contributed by atoms with E-state index in [2.05, 4.69) is 15.2 Å². The number of aryl methyl sites for hydroxylation is 1. The summed E-state index contributed by atoms with van der Waals surface area (Å²) in [5.74, 6) is -2.49. The number of Topliss-reactive ketones (excluding diaryl/α,β-unsaturated/α-hetero) is 1. The third-order valence-corrected chi connectivity index (χ3v) is 4.78. The number of benzene rings is 2. The highest BCUT2D eigenvalue weighted by molar-refractivity contribution is 6.47. The number of amides is 1. The molecule has 180 valence electrons. The highest BCUT2D eigenvalue weighted by Gasteiger charge is 2.31. The van der Waals surface area contributed by atoms with Gasteiger partial charge in [0.2, 0.25) is 0 Å². The van der Waals surface area contributed by atoms with Gasteiger partial charge in [-0.1, -0.05) is 6.07 Å². The van der Waals surface area contributed by atoms with Gasteiger partial charge in [0.25, 0.3) is 11.7 Å². The number of carbonyl (C=O) groups excluding carboxylic acids is 2. The molecule has 3 rings (SSSR count). The Hall–Kier alpha value is -3.96. The number of ether oxygens (including phenoxy) is 2. The van der Waals surface area contributed by atoms with Crippen LogP contribution in [-0.4, -0.2) is 35.2 Å². The third-order valence-electron chi connectivity index (χ3n) is 4.78. The minimum absolute atomic E-state index is 0.0151. The number of nitrogens with one attached hydrogen (secondary N) is 1. The van der Waals surface area contributed by atoms with Crippen molar-refractivity contribution in [2.75, 3.05) is 12.4 Å². The molecule has 12 heteroatoms. The average Bonchev–Trinajstić information content (AvgIpc) is 3.06. The van der Waals surface area contributed by atoms with E-state index in [0.29, 0.717) is 0 Å². The van der Waals surface area contributed by atoms with E-state index in [1.54, 1.807) is 0 Å². The molecule has 3 aromatic rings. The highest BCUT2D eigenvalue weighted by atomic mass is 19.4. The number of carbonyl (C=O) groups is 2. The molecule has 0 saturated carbocycles. The second-order valence-electron chi connectivity index (χ2n) is 7.03. The van der Waals surface area contributed by atoms with Crippen LogP contribution in [0, 0.1) is 13.8 Å². The van der Waals surface area contributed by atoms with Crippen LogP contribution in [0.2, 0.25) is 0 Å². The summed E-state index contributed by atoms with van der Waals surface area (Å²) in [4.78, 5) is 25.4. The fourth-order valence-corrected chi connectivity index (χ4v) is 3.28. The van der Waals surface area contributed by atoms with Crippen LogP contribution in [0.15, 0.2) is 42.5 Å². The average molecular weight is 483 g/mol. The summed E-state index contributed by atoms with van der Waals surface area (Å²) in [7, 11) is 1.24. The van der Waals surface area contributed by atoms with Crippen LogP contribution in [0.25, 0.3) is 5.69 Å². The van der Waals surface area contributed by atoms with Gasteiger partial charge in [0.05, 0.1) is 35.3 Å². The van der Waals surface area contributed by atoms with E-state index >= 15 is 0 Å². The Balaban J connectivity index is 1.89. The molecular weight excluding hydrogens is 465 g/mol. The molecule has 1 amide bonds. The predicted molar refractivity (Wildman–Crippen MR) is 111 cm³/mol. The molecule has 1 aromatic heterocycles. The van der Waals surface area contributed by atoms with Crippen molar-refractivity contribution >= 4 is 17.4 Å². The number of aromatic nitrogens is 2. The summed E-state index contributed by atoms with van der Waals surface area (Å²) in [5.41, 5.74) is -0.703. The van der Waals surface area contributed by atoms with Crippen molar-refractivity contribution in [3.05, 3.63) is 65.0 Å². The molecule has 0 radical (unpaired) electrons. The van der Waals surface area contributed by atoms with E-state index in [9.17, 15) is 31.5 Å². The normalized spacial score (nSPS) is 11.4. The van der Waals surface area contributed by atoms with E-state index in [-0.39, 0.29) is 39.8 Å². The fourth-order valence-electron chi connectivity index (χ4n) is 3.28. The number of methoxy groups -OCH3 is 1. The molecule has 0 spiro atoms. The zero-order valence-electron chi connectivity index (χ0n) is 18.0. The summed E-state index contributed by atoms with van der Waals surface area (Å²) in [6, 6.07) is 7.98. The first-order valence-corrected chi connectivity index (χ1v) is 9.64. The van der Waals surface area contributed by atoms with E-state index in [4.69, 9.17) is 4.74 Å². The molecular formula is C22H18F5N3O4. The summed E-state index contributed by atoms with van der Waals surface area (Å²) in [6.45, 7) is -0.282. The molecule has 1 heterocycles. The maximum absolute atomic E-state index is 13.1. The molecule has 0 aliphatic rings. The topological polar surface area (TPSA) is 82.5 Å². The quantitative estimate of drug-likeness (QED) is 0.293. The van der Waals surface area contributed by atoms with Crippen LogP contribution < -0.4 is 14.8 Å². The first-order chi connectivity index (χ1) is 15.9. The van der Waals surface area contributed by atoms with Gasteiger partial charge >= 0.3 is 12.8 Å².